The summed E-state index contributed by atoms with van der Waals surface area (Å²) in [4.78, 5) is 53.3. The van der Waals surface area contributed by atoms with Gasteiger partial charge in [0.15, 0.2) is 0 Å². The van der Waals surface area contributed by atoms with Crippen LogP contribution in [0.1, 0.15) is 89.4 Å². The average Bonchev–Trinajstić information content (AvgIpc) is 1.22. The van der Waals surface area contributed by atoms with Crippen molar-refractivity contribution in [2.45, 2.75) is 58.7 Å². The van der Waals surface area contributed by atoms with Crippen LogP contribution in [-0.2, 0) is 54.0 Å². The van der Waals surface area contributed by atoms with E-state index in [9.17, 15) is 0 Å². The summed E-state index contributed by atoms with van der Waals surface area (Å²) < 4.78 is 17.5. The quantitative estimate of drug-likeness (QED) is 0.0750. The van der Waals surface area contributed by atoms with Gasteiger partial charge in [0, 0.05) is 72.5 Å². The number of hydrogen-bond acceptors (Lipinski definition) is 15. The SMILES string of the molecule is C[C@@H](N=Cc1ccc(OCc2ccc(-c3ccccn3)nc2)cn1)c1ccccc1.C[C@@H](N=Cc1ccc(OCc2ccc(-c3ccccn3)nc2)cn1)c1ccccc1.C[C@@H](N=Cc1ccc(OCc2ccc(-c3ccccn3)nc2)cn1)c1ccccc1.[Cl-].[Cl-].[Cl-].[Cl-].[Fe+2].[Fe+2]. The second-order valence-corrected chi connectivity index (χ2v) is 20.5. The van der Waals surface area contributed by atoms with Crippen molar-refractivity contribution in [3.05, 3.63) is 325 Å². The van der Waals surface area contributed by atoms with Gasteiger partial charge in [-0.1, -0.05) is 127 Å². The van der Waals surface area contributed by atoms with Crippen LogP contribution in [0.5, 0.6) is 17.2 Å². The zero-order chi connectivity index (χ0) is 61.8. The van der Waals surface area contributed by atoms with Gasteiger partial charge in [0.1, 0.15) is 37.1 Å². The number of hydrogen-bond donors (Lipinski definition) is 0. The van der Waals surface area contributed by atoms with Crippen molar-refractivity contribution in [3.8, 4) is 51.4 Å². The zero-order valence-corrected chi connectivity index (χ0v) is 57.6. The maximum Gasteiger partial charge on any atom is 2.00 e. The molecule has 0 aliphatic rings. The Morgan fingerprint density at radius 1 is 0.281 bits per heavy atom. The second-order valence-electron chi connectivity index (χ2n) is 20.5. The molecule has 0 amide bonds. The smallest absolute Gasteiger partial charge is 1.00 e. The Hall–Kier alpha value is -9.38. The van der Waals surface area contributed by atoms with E-state index < -0.39 is 0 Å². The van der Waals surface area contributed by atoms with Gasteiger partial charge in [-0.3, -0.25) is 59.8 Å². The van der Waals surface area contributed by atoms with Crippen molar-refractivity contribution >= 4 is 18.6 Å². The monoisotopic (exact) mass is 1430 g/mol. The van der Waals surface area contributed by atoms with Crippen LogP contribution >= 0.6 is 0 Å². The first-order chi connectivity index (χ1) is 44.3. The van der Waals surface area contributed by atoms with Gasteiger partial charge in [-0.2, -0.15) is 0 Å². The standard InChI is InChI=1S/3C25H22N4O.4ClH.2Fe/c3*1-19(21-7-3-2-4-8-21)27-16-22-11-12-23(17-28-22)30-18-20-10-13-25(29-15-20)24-9-5-6-14-26-24;;;;;;/h3*2-17,19H,18H2,1H3;4*1H;;/q;;;;;;;2*+2/p-4/t3*19-;;;;;;/m111....../s1. The molecule has 3 aromatic carbocycles. The summed E-state index contributed by atoms with van der Waals surface area (Å²) in [5.74, 6) is 2.12. The number of aromatic nitrogens is 9. The van der Waals surface area contributed by atoms with Gasteiger partial charge in [0.2, 0.25) is 0 Å². The van der Waals surface area contributed by atoms with Gasteiger partial charge in [-0.25, -0.2) is 0 Å². The number of ether oxygens (including phenoxy) is 3. The number of nitrogens with zero attached hydrogens (tertiary/aromatic N) is 12. The van der Waals surface area contributed by atoms with Crippen LogP contribution in [0.3, 0.4) is 0 Å². The molecule has 0 spiro atoms. The molecule has 12 aromatic rings. The molecule has 0 saturated carbocycles. The maximum absolute atomic E-state index is 5.82. The predicted octanol–water partition coefficient (Wildman–Crippen LogP) is 3.90. The van der Waals surface area contributed by atoms with Gasteiger partial charge < -0.3 is 63.8 Å². The molecular weight excluding hydrogens is 1370 g/mol. The number of rotatable bonds is 21. The molecule has 488 valence electrons. The fraction of sp³-hybridized carbons (Fsp3) is 0.120. The van der Waals surface area contributed by atoms with Crippen LogP contribution in [0, 0.1) is 0 Å². The maximum atomic E-state index is 5.82. The molecule has 12 rings (SSSR count). The van der Waals surface area contributed by atoms with Gasteiger partial charge in [0.05, 0.1) is 88.0 Å². The molecule has 15 nitrogen and oxygen atoms in total. The first-order valence-electron chi connectivity index (χ1n) is 29.4. The summed E-state index contributed by atoms with van der Waals surface area (Å²) in [7, 11) is 0. The number of aliphatic imine (C=N–C) groups is 3. The molecule has 0 unspecified atom stereocenters. The van der Waals surface area contributed by atoms with Gasteiger partial charge in [-0.15, -0.1) is 0 Å². The predicted molar refractivity (Wildman–Crippen MR) is 355 cm³/mol. The summed E-state index contributed by atoms with van der Waals surface area (Å²) in [5.41, 5.74) is 14.0. The Morgan fingerprint density at radius 3 is 0.760 bits per heavy atom. The summed E-state index contributed by atoms with van der Waals surface area (Å²) in [6.45, 7) is 7.48. The molecule has 0 aliphatic carbocycles. The molecule has 0 bridgehead atoms. The topological polar surface area (TPSA) is 181 Å². The van der Waals surface area contributed by atoms with Crippen molar-refractivity contribution in [1.29, 1.82) is 0 Å². The first-order valence-corrected chi connectivity index (χ1v) is 29.4. The van der Waals surface area contributed by atoms with E-state index in [0.29, 0.717) is 37.1 Å². The minimum Gasteiger partial charge on any atom is -1.00 e. The summed E-state index contributed by atoms with van der Waals surface area (Å²) in [6.07, 6.45) is 21.2. The summed E-state index contributed by atoms with van der Waals surface area (Å²) in [5, 5.41) is 0. The minimum absolute atomic E-state index is 0. The Morgan fingerprint density at radius 2 is 0.542 bits per heavy atom. The van der Waals surface area contributed by atoms with E-state index in [1.54, 1.807) is 55.8 Å². The number of benzene rings is 3. The van der Waals surface area contributed by atoms with E-state index in [0.717, 1.165) is 67.9 Å². The molecule has 0 radical (unpaired) electrons. The van der Waals surface area contributed by atoms with Crippen molar-refractivity contribution < 1.29 is 98.0 Å². The average molecular weight is 1440 g/mol. The van der Waals surface area contributed by atoms with E-state index in [2.05, 4.69) is 117 Å². The molecule has 9 heterocycles. The van der Waals surface area contributed by atoms with Crippen LogP contribution < -0.4 is 63.8 Å². The third-order valence-corrected chi connectivity index (χ3v) is 13.9. The number of halogens is 4. The molecule has 0 saturated heterocycles. The Bertz CT molecular complexity index is 3710. The van der Waals surface area contributed by atoms with Crippen LogP contribution in [0.4, 0.5) is 0 Å². The van der Waals surface area contributed by atoms with E-state index >= 15 is 0 Å². The third-order valence-electron chi connectivity index (χ3n) is 13.9. The van der Waals surface area contributed by atoms with E-state index in [4.69, 9.17) is 14.2 Å². The summed E-state index contributed by atoms with van der Waals surface area (Å²) >= 11 is 0. The van der Waals surface area contributed by atoms with Crippen molar-refractivity contribution in [2.24, 2.45) is 15.0 Å². The Balaban J connectivity index is 0.000000297. The van der Waals surface area contributed by atoms with Crippen molar-refractivity contribution in [1.82, 2.24) is 44.9 Å². The van der Waals surface area contributed by atoms with Gasteiger partial charge in [0.25, 0.3) is 0 Å². The van der Waals surface area contributed by atoms with Crippen molar-refractivity contribution in [2.75, 3.05) is 0 Å². The van der Waals surface area contributed by atoms with E-state index in [1.807, 2.05) is 201 Å². The number of pyridine rings is 9. The normalized spacial score (nSPS) is 11.3. The van der Waals surface area contributed by atoms with E-state index in [1.165, 1.54) is 16.7 Å². The molecule has 3 atom stereocenters. The fourth-order valence-corrected chi connectivity index (χ4v) is 8.70. The molecule has 0 fully saturated rings. The first kappa shape index (κ1) is 79.1. The molecule has 0 aliphatic heterocycles. The minimum atomic E-state index is 0. The molecule has 9 aromatic heterocycles. The van der Waals surface area contributed by atoms with Crippen LogP contribution in [0.25, 0.3) is 34.2 Å². The Kier molecular flexibility index (Phi) is 35.3. The van der Waals surface area contributed by atoms with Crippen molar-refractivity contribution in [3.63, 3.8) is 0 Å². The second kappa shape index (κ2) is 42.8. The fourth-order valence-electron chi connectivity index (χ4n) is 8.70. The molecular formula is C75H66Cl4Fe2N12O3. The van der Waals surface area contributed by atoms with Gasteiger partial charge in [-0.05, 0) is 128 Å². The Labute approximate surface area is 606 Å². The van der Waals surface area contributed by atoms with E-state index in [-0.39, 0.29) is 102 Å². The molecule has 96 heavy (non-hydrogen) atoms. The van der Waals surface area contributed by atoms with Crippen LogP contribution in [-0.4, -0.2) is 63.5 Å². The van der Waals surface area contributed by atoms with Crippen LogP contribution in [0.15, 0.2) is 289 Å². The molecule has 21 heteroatoms. The third kappa shape index (κ3) is 25.4. The molecule has 0 N–H and O–H groups in total. The van der Waals surface area contributed by atoms with Gasteiger partial charge >= 0.3 is 34.1 Å². The largest absolute Gasteiger partial charge is 2.00 e. The summed E-state index contributed by atoms with van der Waals surface area (Å²) in [6, 6.07) is 71.4. The zero-order valence-electron chi connectivity index (χ0n) is 52.4. The van der Waals surface area contributed by atoms with Crippen LogP contribution in [0.2, 0.25) is 0 Å².